The summed E-state index contributed by atoms with van der Waals surface area (Å²) in [7, 11) is 1.63. The van der Waals surface area contributed by atoms with Gasteiger partial charge >= 0.3 is 0 Å². The van der Waals surface area contributed by atoms with Crippen molar-refractivity contribution in [3.63, 3.8) is 0 Å². The molecule has 50 valence electrons. The Bertz CT molecular complexity index is 47.7. The van der Waals surface area contributed by atoms with E-state index in [9.17, 15) is 0 Å². The molecule has 0 amide bonds. The van der Waals surface area contributed by atoms with Gasteiger partial charge in [-0.2, -0.15) is 0 Å². The van der Waals surface area contributed by atoms with Crippen molar-refractivity contribution >= 4 is 0 Å². The molecule has 0 heterocycles. The first-order valence-corrected chi connectivity index (χ1v) is 2.63. The van der Waals surface area contributed by atoms with Crippen LogP contribution in [-0.4, -0.2) is 26.6 Å². The van der Waals surface area contributed by atoms with Crippen molar-refractivity contribution < 1.29 is 9.47 Å². The minimum Gasteiger partial charge on any atom is -0.382 e. The molecule has 3 nitrogen and oxygen atoms in total. The van der Waals surface area contributed by atoms with E-state index in [1.807, 2.05) is 0 Å². The average molecular weight is 119 g/mol. The molecule has 0 saturated carbocycles. The molecule has 0 aliphatic heterocycles. The number of nitrogens with two attached hydrogens (primary N) is 1. The van der Waals surface area contributed by atoms with E-state index in [4.69, 9.17) is 15.2 Å². The summed E-state index contributed by atoms with van der Waals surface area (Å²) in [5.74, 6) is 0. The van der Waals surface area contributed by atoms with Crippen LogP contribution in [0.25, 0.3) is 0 Å². The molecule has 3 heteroatoms. The zero-order valence-electron chi connectivity index (χ0n) is 5.39. The Labute approximate surface area is 49.8 Å². The molecule has 0 rings (SSSR count). The number of hydrogen-bond acceptors (Lipinski definition) is 3. The summed E-state index contributed by atoms with van der Waals surface area (Å²) in [6.45, 7) is 2.98. The first-order chi connectivity index (χ1) is 3.77. The third-order valence-electron chi connectivity index (χ3n) is 0.668. The number of rotatable bonds is 4. The molecule has 0 spiro atoms. The molecule has 0 unspecified atom stereocenters. The van der Waals surface area contributed by atoms with Crippen LogP contribution in [0.15, 0.2) is 0 Å². The first kappa shape index (κ1) is 7.88. The Balaban J connectivity index is 2.72. The predicted molar refractivity (Wildman–Crippen MR) is 31.5 cm³/mol. The van der Waals surface area contributed by atoms with Crippen molar-refractivity contribution in [2.45, 2.75) is 13.2 Å². The summed E-state index contributed by atoms with van der Waals surface area (Å²) >= 11 is 0. The monoisotopic (exact) mass is 119 g/mol. The van der Waals surface area contributed by atoms with Gasteiger partial charge in [-0.1, -0.05) is 0 Å². The zero-order chi connectivity index (χ0) is 6.41. The third-order valence-corrected chi connectivity index (χ3v) is 0.668. The van der Waals surface area contributed by atoms with Crippen molar-refractivity contribution in [3.05, 3.63) is 0 Å². The summed E-state index contributed by atoms with van der Waals surface area (Å²) in [6.07, 6.45) is -0.176. The summed E-state index contributed by atoms with van der Waals surface area (Å²) in [4.78, 5) is 0. The van der Waals surface area contributed by atoms with Crippen LogP contribution in [0, 0.1) is 0 Å². The van der Waals surface area contributed by atoms with E-state index < -0.39 is 0 Å². The fourth-order valence-electron chi connectivity index (χ4n) is 0.317. The zero-order valence-corrected chi connectivity index (χ0v) is 5.39. The van der Waals surface area contributed by atoms with Gasteiger partial charge in [-0.15, -0.1) is 0 Å². The van der Waals surface area contributed by atoms with Gasteiger partial charge in [0, 0.05) is 7.11 Å². The summed E-state index contributed by atoms with van der Waals surface area (Å²) < 4.78 is 9.65. The van der Waals surface area contributed by atoms with Gasteiger partial charge in [0.15, 0.2) is 0 Å². The lowest BCUT2D eigenvalue weighted by atomic mass is 10.7. The number of hydrogen-bond donors (Lipinski definition) is 1. The van der Waals surface area contributed by atoms with Gasteiger partial charge < -0.3 is 15.2 Å². The second-order valence-electron chi connectivity index (χ2n) is 1.57. The Kier molecular flexibility index (Phi) is 4.95. The lowest BCUT2D eigenvalue weighted by molar-refractivity contribution is 0.0295. The normalized spacial score (nSPS) is 13.9. The van der Waals surface area contributed by atoms with Crippen LogP contribution in [0.4, 0.5) is 0 Å². The smallest absolute Gasteiger partial charge is 0.102 e. The Morgan fingerprint density at radius 2 is 2.12 bits per heavy atom. The van der Waals surface area contributed by atoms with E-state index in [1.165, 1.54) is 0 Å². The Morgan fingerprint density at radius 1 is 1.50 bits per heavy atom. The lowest BCUT2D eigenvalue weighted by Crippen LogP contribution is -2.21. The minimum atomic E-state index is -0.176. The highest BCUT2D eigenvalue weighted by Gasteiger charge is 1.89. The van der Waals surface area contributed by atoms with Crippen LogP contribution in [0.5, 0.6) is 0 Å². The maximum absolute atomic E-state index is 5.26. The van der Waals surface area contributed by atoms with E-state index >= 15 is 0 Å². The van der Waals surface area contributed by atoms with E-state index in [2.05, 4.69) is 0 Å². The highest BCUT2D eigenvalue weighted by atomic mass is 16.5. The molecule has 0 aliphatic rings. The molecule has 0 fully saturated rings. The molecular formula is C5H13NO2. The van der Waals surface area contributed by atoms with Crippen LogP contribution < -0.4 is 5.73 Å². The summed E-state index contributed by atoms with van der Waals surface area (Å²) in [5.41, 5.74) is 5.26. The van der Waals surface area contributed by atoms with Crippen LogP contribution in [0.2, 0.25) is 0 Å². The molecule has 0 radical (unpaired) electrons. The minimum absolute atomic E-state index is 0.176. The second-order valence-corrected chi connectivity index (χ2v) is 1.57. The number of methoxy groups -OCH3 is 1. The molecule has 0 saturated heterocycles. The van der Waals surface area contributed by atoms with Gasteiger partial charge in [0.25, 0.3) is 0 Å². The van der Waals surface area contributed by atoms with Gasteiger partial charge in [0.05, 0.1) is 13.2 Å². The molecule has 0 aromatic heterocycles. The van der Waals surface area contributed by atoms with Gasteiger partial charge in [-0.3, -0.25) is 0 Å². The summed E-state index contributed by atoms with van der Waals surface area (Å²) in [6, 6.07) is 0. The van der Waals surface area contributed by atoms with E-state index in [0.29, 0.717) is 13.2 Å². The SMILES string of the molecule is COCCO[C@@H](C)N. The standard InChI is InChI=1S/C5H13NO2/c1-5(6)8-4-3-7-2/h5H,3-4,6H2,1-2H3/t5-/m0/s1. The van der Waals surface area contributed by atoms with Crippen LogP contribution in [0.1, 0.15) is 6.92 Å². The quantitative estimate of drug-likeness (QED) is 0.417. The predicted octanol–water partition coefficient (Wildman–Crippen LogP) is -0.0459. The van der Waals surface area contributed by atoms with Gasteiger partial charge in [0.2, 0.25) is 0 Å². The van der Waals surface area contributed by atoms with Crippen LogP contribution in [0.3, 0.4) is 0 Å². The van der Waals surface area contributed by atoms with Crippen LogP contribution in [-0.2, 0) is 9.47 Å². The maximum Gasteiger partial charge on any atom is 0.102 e. The molecule has 0 aliphatic carbocycles. The fraction of sp³-hybridized carbons (Fsp3) is 1.00. The molecule has 2 N–H and O–H groups in total. The molecule has 0 aromatic carbocycles. The first-order valence-electron chi connectivity index (χ1n) is 2.63. The highest BCUT2D eigenvalue weighted by Crippen LogP contribution is 1.78. The largest absolute Gasteiger partial charge is 0.382 e. The molecule has 0 bridgehead atoms. The van der Waals surface area contributed by atoms with E-state index in [-0.39, 0.29) is 6.23 Å². The second kappa shape index (κ2) is 5.03. The molecular weight excluding hydrogens is 106 g/mol. The molecule has 8 heavy (non-hydrogen) atoms. The lowest BCUT2D eigenvalue weighted by Gasteiger charge is -2.04. The fourth-order valence-corrected chi connectivity index (χ4v) is 0.317. The van der Waals surface area contributed by atoms with E-state index in [0.717, 1.165) is 0 Å². The van der Waals surface area contributed by atoms with Crippen molar-refractivity contribution in [2.24, 2.45) is 5.73 Å². The Hall–Kier alpha value is -0.120. The number of ether oxygens (including phenoxy) is 2. The third kappa shape index (κ3) is 5.88. The van der Waals surface area contributed by atoms with Gasteiger partial charge in [0.1, 0.15) is 6.23 Å². The molecule has 0 aromatic rings. The highest BCUT2D eigenvalue weighted by molar-refractivity contribution is 4.32. The van der Waals surface area contributed by atoms with Crippen molar-refractivity contribution in [2.75, 3.05) is 20.3 Å². The van der Waals surface area contributed by atoms with Gasteiger partial charge in [-0.05, 0) is 6.92 Å². The maximum atomic E-state index is 5.26. The molecule has 1 atom stereocenters. The summed E-state index contributed by atoms with van der Waals surface area (Å²) in [5, 5.41) is 0. The van der Waals surface area contributed by atoms with Crippen molar-refractivity contribution in [1.29, 1.82) is 0 Å². The van der Waals surface area contributed by atoms with Gasteiger partial charge in [-0.25, -0.2) is 0 Å². The van der Waals surface area contributed by atoms with Crippen molar-refractivity contribution in [1.82, 2.24) is 0 Å². The van der Waals surface area contributed by atoms with Crippen LogP contribution >= 0.6 is 0 Å². The topological polar surface area (TPSA) is 44.5 Å². The van der Waals surface area contributed by atoms with E-state index in [1.54, 1.807) is 14.0 Å². The van der Waals surface area contributed by atoms with Crippen molar-refractivity contribution in [3.8, 4) is 0 Å². The Morgan fingerprint density at radius 3 is 2.50 bits per heavy atom. The average Bonchev–Trinajstić information content (AvgIpc) is 1.66.